The maximum absolute atomic E-state index is 5.56. The second kappa shape index (κ2) is 4.86. The van der Waals surface area contributed by atoms with Gasteiger partial charge in [-0.05, 0) is 19.4 Å². The van der Waals surface area contributed by atoms with Gasteiger partial charge in [-0.15, -0.1) is 0 Å². The molecule has 1 rings (SSSR count). The molecule has 0 spiro atoms. The minimum absolute atomic E-state index is 0.0215. The molecule has 0 aromatic carbocycles. The van der Waals surface area contributed by atoms with Crippen LogP contribution in [0.4, 0.5) is 0 Å². The summed E-state index contributed by atoms with van der Waals surface area (Å²) in [5, 5.41) is 0. The van der Waals surface area contributed by atoms with E-state index in [0.717, 1.165) is 17.9 Å². The Morgan fingerprint density at radius 3 is 2.35 bits per heavy atom. The Kier molecular flexibility index (Phi) is 4.10. The molecule has 0 aliphatic rings. The van der Waals surface area contributed by atoms with Gasteiger partial charge >= 0.3 is 0 Å². The van der Waals surface area contributed by atoms with Crippen molar-refractivity contribution in [2.24, 2.45) is 0 Å². The Bertz CT molecular complexity index is 441. The first-order chi connectivity index (χ1) is 7.73. The number of nitrogens with one attached hydrogen (secondary N) is 1. The number of rotatable bonds is 3. The molecule has 1 aromatic heterocycles. The third kappa shape index (κ3) is 3.13. The van der Waals surface area contributed by atoms with E-state index < -0.39 is 5.60 Å². The number of hydrogen-bond acceptors (Lipinski definition) is 3. The molecule has 1 atom stereocenters. The van der Waals surface area contributed by atoms with E-state index in [1.165, 1.54) is 0 Å². The molecule has 0 saturated heterocycles. The lowest BCUT2D eigenvalue weighted by Crippen LogP contribution is -2.28. The van der Waals surface area contributed by atoms with Gasteiger partial charge in [0.1, 0.15) is 16.1 Å². The standard InChI is InChI=1S/C13H22N2OS/c1-7-13(5,16-6)11-14-9(12(2,3)4)8-10(17)15-11/h8H,7H2,1-6H3,(H,14,15,17). The van der Waals surface area contributed by atoms with Crippen LogP contribution in [0.25, 0.3) is 0 Å². The SMILES string of the molecule is CCC(C)(OC)c1nc(=S)cc(C(C)(C)C)[nH]1. The van der Waals surface area contributed by atoms with Crippen LogP contribution in [0.1, 0.15) is 52.6 Å². The zero-order valence-electron chi connectivity index (χ0n) is 11.5. The molecular weight excluding hydrogens is 232 g/mol. The summed E-state index contributed by atoms with van der Waals surface area (Å²) in [5.41, 5.74) is 0.701. The van der Waals surface area contributed by atoms with Crippen LogP contribution in [0.2, 0.25) is 0 Å². The van der Waals surface area contributed by atoms with Gasteiger partial charge in [-0.3, -0.25) is 0 Å². The number of nitrogens with zero attached hydrogens (tertiary/aromatic N) is 1. The van der Waals surface area contributed by atoms with E-state index in [1.54, 1.807) is 7.11 Å². The van der Waals surface area contributed by atoms with Gasteiger partial charge in [-0.25, -0.2) is 4.98 Å². The van der Waals surface area contributed by atoms with Crippen molar-refractivity contribution in [2.75, 3.05) is 7.11 Å². The molecule has 1 heterocycles. The van der Waals surface area contributed by atoms with E-state index in [0.29, 0.717) is 4.64 Å². The Labute approximate surface area is 109 Å². The lowest BCUT2D eigenvalue weighted by molar-refractivity contribution is -0.00937. The summed E-state index contributed by atoms with van der Waals surface area (Å²) in [6.07, 6.45) is 0.843. The van der Waals surface area contributed by atoms with E-state index in [9.17, 15) is 0 Å². The fourth-order valence-electron chi connectivity index (χ4n) is 1.52. The van der Waals surface area contributed by atoms with Crippen LogP contribution in [-0.4, -0.2) is 17.1 Å². The summed E-state index contributed by atoms with van der Waals surface area (Å²) in [4.78, 5) is 7.76. The first-order valence-electron chi connectivity index (χ1n) is 5.90. The summed E-state index contributed by atoms with van der Waals surface area (Å²) in [6.45, 7) is 10.5. The van der Waals surface area contributed by atoms with Crippen LogP contribution in [0, 0.1) is 4.64 Å². The van der Waals surface area contributed by atoms with E-state index >= 15 is 0 Å². The van der Waals surface area contributed by atoms with Crippen molar-refractivity contribution in [3.05, 3.63) is 22.2 Å². The highest BCUT2D eigenvalue weighted by atomic mass is 32.1. The summed E-state index contributed by atoms with van der Waals surface area (Å²) in [6, 6.07) is 1.92. The van der Waals surface area contributed by atoms with Crippen molar-refractivity contribution in [3.63, 3.8) is 0 Å². The lowest BCUT2D eigenvalue weighted by atomic mass is 9.91. The molecule has 0 aliphatic heterocycles. The fourth-order valence-corrected chi connectivity index (χ4v) is 1.73. The summed E-state index contributed by atoms with van der Waals surface area (Å²) in [7, 11) is 1.70. The molecule has 1 aromatic rings. The van der Waals surface area contributed by atoms with Crippen molar-refractivity contribution in [1.82, 2.24) is 9.97 Å². The van der Waals surface area contributed by atoms with Gasteiger partial charge in [-0.1, -0.05) is 39.9 Å². The van der Waals surface area contributed by atoms with Gasteiger partial charge in [0.2, 0.25) is 0 Å². The third-order valence-electron chi connectivity index (χ3n) is 3.18. The van der Waals surface area contributed by atoms with Gasteiger partial charge in [0.05, 0.1) is 0 Å². The van der Waals surface area contributed by atoms with Gasteiger partial charge in [0.25, 0.3) is 0 Å². The van der Waals surface area contributed by atoms with Gasteiger partial charge in [-0.2, -0.15) is 0 Å². The average molecular weight is 254 g/mol. The fraction of sp³-hybridized carbons (Fsp3) is 0.692. The van der Waals surface area contributed by atoms with Crippen molar-refractivity contribution in [2.45, 2.75) is 52.1 Å². The number of hydrogen-bond donors (Lipinski definition) is 1. The molecule has 4 heteroatoms. The second-order valence-corrected chi connectivity index (χ2v) is 5.94. The summed E-state index contributed by atoms with van der Waals surface area (Å²) in [5.74, 6) is 0.805. The van der Waals surface area contributed by atoms with Gasteiger partial charge < -0.3 is 9.72 Å². The van der Waals surface area contributed by atoms with Gasteiger partial charge in [0, 0.05) is 18.2 Å². The summed E-state index contributed by atoms with van der Waals surface area (Å²) < 4.78 is 6.17. The molecule has 1 unspecified atom stereocenters. The smallest absolute Gasteiger partial charge is 0.139 e. The molecule has 17 heavy (non-hydrogen) atoms. The van der Waals surface area contributed by atoms with Gasteiger partial charge in [0.15, 0.2) is 0 Å². The van der Waals surface area contributed by atoms with E-state index in [2.05, 4.69) is 37.7 Å². The van der Waals surface area contributed by atoms with Crippen LogP contribution in [0.5, 0.6) is 0 Å². The lowest BCUT2D eigenvalue weighted by Gasteiger charge is -2.28. The molecule has 0 aliphatic carbocycles. The predicted octanol–water partition coefficient (Wildman–Crippen LogP) is 3.71. The maximum atomic E-state index is 5.56. The van der Waals surface area contributed by atoms with E-state index in [1.807, 2.05) is 13.0 Å². The molecule has 0 bridgehead atoms. The summed E-state index contributed by atoms with van der Waals surface area (Å²) >= 11 is 5.23. The van der Waals surface area contributed by atoms with Crippen molar-refractivity contribution >= 4 is 12.2 Å². The predicted molar refractivity (Wildman–Crippen MR) is 72.8 cm³/mol. The Morgan fingerprint density at radius 2 is 1.94 bits per heavy atom. The zero-order valence-corrected chi connectivity index (χ0v) is 12.4. The molecule has 3 nitrogen and oxygen atoms in total. The molecule has 0 amide bonds. The number of ether oxygens (including phenoxy) is 1. The largest absolute Gasteiger partial charge is 0.371 e. The topological polar surface area (TPSA) is 37.9 Å². The monoisotopic (exact) mass is 254 g/mol. The van der Waals surface area contributed by atoms with Crippen LogP contribution in [0.15, 0.2) is 6.07 Å². The molecule has 0 radical (unpaired) electrons. The first kappa shape index (κ1) is 14.3. The minimum atomic E-state index is -0.408. The number of H-pyrrole nitrogens is 1. The first-order valence-corrected chi connectivity index (χ1v) is 6.31. The Balaban J connectivity index is 3.37. The Hall–Kier alpha value is -0.740. The van der Waals surface area contributed by atoms with Crippen molar-refractivity contribution in [1.29, 1.82) is 0 Å². The number of methoxy groups -OCH3 is 1. The quantitative estimate of drug-likeness (QED) is 0.836. The average Bonchev–Trinajstić information content (AvgIpc) is 2.26. The highest BCUT2D eigenvalue weighted by molar-refractivity contribution is 7.71. The maximum Gasteiger partial charge on any atom is 0.139 e. The van der Waals surface area contributed by atoms with Crippen molar-refractivity contribution in [3.8, 4) is 0 Å². The highest BCUT2D eigenvalue weighted by Gasteiger charge is 2.28. The molecule has 1 N–H and O–H groups in total. The normalized spacial score (nSPS) is 15.6. The van der Waals surface area contributed by atoms with Crippen LogP contribution >= 0.6 is 12.2 Å². The zero-order chi connectivity index (χ0) is 13.3. The van der Waals surface area contributed by atoms with Crippen LogP contribution in [-0.2, 0) is 15.8 Å². The number of aromatic amines is 1. The van der Waals surface area contributed by atoms with Crippen LogP contribution in [0.3, 0.4) is 0 Å². The van der Waals surface area contributed by atoms with Crippen molar-refractivity contribution < 1.29 is 4.74 Å². The molecule has 0 fully saturated rings. The molecular formula is C13H22N2OS. The molecule has 96 valence electrons. The second-order valence-electron chi connectivity index (χ2n) is 5.52. The van der Waals surface area contributed by atoms with E-state index in [4.69, 9.17) is 17.0 Å². The van der Waals surface area contributed by atoms with E-state index in [-0.39, 0.29) is 5.41 Å². The van der Waals surface area contributed by atoms with Crippen LogP contribution < -0.4 is 0 Å². The third-order valence-corrected chi connectivity index (χ3v) is 3.39. The number of aromatic nitrogens is 2. The minimum Gasteiger partial charge on any atom is -0.371 e. The Morgan fingerprint density at radius 1 is 1.35 bits per heavy atom. The molecule has 0 saturated carbocycles. The highest BCUT2D eigenvalue weighted by Crippen LogP contribution is 2.27.